The lowest BCUT2D eigenvalue weighted by Crippen LogP contribution is -2.25. The molecule has 0 unspecified atom stereocenters. The highest BCUT2D eigenvalue weighted by atomic mass is 16.7. The van der Waals surface area contributed by atoms with Gasteiger partial charge in [0.1, 0.15) is 17.3 Å². The summed E-state index contributed by atoms with van der Waals surface area (Å²) in [5, 5.41) is 8.74. The van der Waals surface area contributed by atoms with Crippen molar-refractivity contribution < 1.29 is 142 Å². The van der Waals surface area contributed by atoms with Crippen LogP contribution in [0.1, 0.15) is 99.7 Å². The van der Waals surface area contributed by atoms with Crippen molar-refractivity contribution in [2.45, 2.75) is 109 Å². The van der Waals surface area contributed by atoms with Crippen LogP contribution in [0.2, 0.25) is 0 Å². The van der Waals surface area contributed by atoms with Crippen LogP contribution in [-0.4, -0.2) is 123 Å². The molecule has 12 heterocycles. The monoisotopic (exact) mass is 1920 g/mol. The van der Waals surface area contributed by atoms with Gasteiger partial charge in [-0.15, -0.1) is 0 Å². The molecule has 141 heavy (non-hydrogen) atoms. The van der Waals surface area contributed by atoms with Crippen LogP contribution >= 0.6 is 0 Å². The Morgan fingerprint density at radius 2 is 0.397 bits per heavy atom. The molecular weight excluding hydrogens is 1820 g/mol. The summed E-state index contributed by atoms with van der Waals surface area (Å²) in [6.07, 6.45) is 8.95. The molecule has 12 aromatic carbocycles. The normalized spacial score (nSPS) is 14.0. The van der Waals surface area contributed by atoms with E-state index in [-0.39, 0.29) is 117 Å². The molecule has 0 aromatic heterocycles. The number of ketones is 3. The van der Waals surface area contributed by atoms with Crippen molar-refractivity contribution in [2.75, 3.05) is 93.4 Å². The first-order valence-corrected chi connectivity index (χ1v) is 46.2. The van der Waals surface area contributed by atoms with E-state index in [4.69, 9.17) is 114 Å². The lowest BCUT2D eigenvalue weighted by molar-refractivity contribution is -0.121. The van der Waals surface area contributed by atoms with Crippen LogP contribution < -0.4 is 130 Å². The van der Waals surface area contributed by atoms with Crippen molar-refractivity contribution in [3.63, 3.8) is 0 Å². The van der Waals surface area contributed by atoms with E-state index in [2.05, 4.69) is 16.0 Å². The number of carbonyl (C=O) groups excluding carboxylic acids is 6. The third-order valence-corrected chi connectivity index (χ3v) is 23.8. The molecule has 24 rings (SSSR count). The lowest BCUT2D eigenvalue weighted by Gasteiger charge is -2.07. The van der Waals surface area contributed by atoms with Crippen LogP contribution in [0.5, 0.6) is 138 Å². The number of anilines is 1. The zero-order valence-electron chi connectivity index (χ0n) is 76.7. The quantitative estimate of drug-likeness (QED) is 0.0376. The van der Waals surface area contributed by atoms with Crippen LogP contribution in [0.15, 0.2) is 218 Å². The third-order valence-electron chi connectivity index (χ3n) is 23.8. The molecule has 3 amide bonds. The first kappa shape index (κ1) is 93.3. The minimum atomic E-state index is -0.0541. The van der Waals surface area contributed by atoms with E-state index in [1.54, 1.807) is 18.2 Å². The second-order valence-corrected chi connectivity index (χ2v) is 33.7. The molecular formula is C108H99N3O30. The standard InChI is InChI=1S/C19H19NO5.C19H18O5.C18H17NO5.C18H16O5.C17H15NO5.C17H14O5/c21-19(6-3-13-1-4-15-17(9-13)24-11-22-15)20-8-7-14-2-5-16-18(10-14)25-12-23-16;20-15(8-14-5-7-17-19(10-14)24-12-22-17)3-1-2-13-4-6-16-18(9-13)23-11-21-16;20-18(6-3-12-1-4-14-16(7-12)23-10-21-14)19-9-13-2-5-15-17(8-13)24-11-22-15;19-14(7-13-3-6-16-18(9-13)23-11-21-16)4-1-12-2-5-15-17(8-12)22-10-20-15;19-17(18-12-3-5-14-16(8-12)23-10-21-14)6-2-11-1-4-13-15(7-11)22-9-20-13;18-13(5-11-1-3-14-16(7-11)21-9-19-14)6-12-2-4-15-17(8-12)22-10-20-15/h1-2,4-5,9-10H,3,6-8,11-12H2,(H,20,21);4-7,9-10H,1-3,8,11-12H2;1-2,4-5,7-8H,3,6,9-11H2,(H,19,20);2-3,5-6,8-9H,1,4,7,10-11H2;1,3-5,7-8H,2,6,9-10H2,(H,18,19);1-4,7-8H,5-6,9-10H2. The highest BCUT2D eigenvalue weighted by molar-refractivity contribution is 5.91. The minimum Gasteiger partial charge on any atom is -0.454 e. The highest BCUT2D eigenvalue weighted by Crippen LogP contribution is 2.43. The molecule has 12 aromatic rings. The molecule has 12 aliphatic heterocycles. The molecule has 0 bridgehead atoms. The number of hydrogen-bond acceptors (Lipinski definition) is 30. The van der Waals surface area contributed by atoms with Crippen LogP contribution in [0, 0.1) is 0 Å². The van der Waals surface area contributed by atoms with Crippen molar-refractivity contribution in [3.05, 3.63) is 280 Å². The maximum absolute atomic E-state index is 12.2. The predicted molar refractivity (Wildman–Crippen MR) is 504 cm³/mol. The van der Waals surface area contributed by atoms with Gasteiger partial charge in [0.15, 0.2) is 138 Å². The van der Waals surface area contributed by atoms with Crippen molar-refractivity contribution >= 4 is 40.8 Å². The van der Waals surface area contributed by atoms with Crippen molar-refractivity contribution in [2.24, 2.45) is 0 Å². The summed E-state index contributed by atoms with van der Waals surface area (Å²) in [7, 11) is 0. The van der Waals surface area contributed by atoms with Gasteiger partial charge in [-0.05, 0) is 252 Å². The van der Waals surface area contributed by atoms with E-state index in [9.17, 15) is 28.8 Å². The average Bonchev–Trinajstić information content (AvgIpc) is 1.79. The fourth-order valence-corrected chi connectivity index (χ4v) is 16.5. The molecule has 0 spiro atoms. The Labute approximate surface area is 810 Å². The molecule has 33 nitrogen and oxygen atoms in total. The molecule has 726 valence electrons. The molecule has 0 saturated carbocycles. The lowest BCUT2D eigenvalue weighted by atomic mass is 10.0. The number of Topliss-reactive ketones (excluding diaryl/α,β-unsaturated/α-hetero) is 3. The fraction of sp³-hybridized carbons (Fsp3) is 0.278. The van der Waals surface area contributed by atoms with Crippen LogP contribution in [0.25, 0.3) is 0 Å². The fourth-order valence-electron chi connectivity index (χ4n) is 16.5. The Hall–Kier alpha value is -16.7. The summed E-state index contributed by atoms with van der Waals surface area (Å²) in [6.45, 7) is 4.11. The van der Waals surface area contributed by atoms with Gasteiger partial charge in [-0.25, -0.2) is 0 Å². The summed E-state index contributed by atoms with van der Waals surface area (Å²) in [4.78, 5) is 72.7. The predicted octanol–water partition coefficient (Wildman–Crippen LogP) is 16.2. The van der Waals surface area contributed by atoms with Gasteiger partial charge in [0.2, 0.25) is 99.2 Å². The Balaban J connectivity index is 0.000000108. The van der Waals surface area contributed by atoms with Crippen molar-refractivity contribution in [1.82, 2.24) is 10.6 Å². The molecule has 33 heteroatoms. The summed E-state index contributed by atoms with van der Waals surface area (Å²) in [5.74, 6) is 18.3. The summed E-state index contributed by atoms with van der Waals surface area (Å²) < 4.78 is 127. The molecule has 0 aliphatic carbocycles. The first-order valence-electron chi connectivity index (χ1n) is 46.2. The van der Waals surface area contributed by atoms with Gasteiger partial charge in [-0.3, -0.25) is 28.8 Å². The number of hydrogen-bond donors (Lipinski definition) is 3. The maximum atomic E-state index is 12.2. The van der Waals surface area contributed by atoms with Crippen molar-refractivity contribution in [1.29, 1.82) is 0 Å². The SMILES string of the molecule is O=C(CCCc1ccc2c(c1)OCO2)Cc1ccc2c(c1)OCO2.O=C(CCc1ccc2c(c1)OCO2)Cc1ccc2c(c1)OCO2.O=C(CCc1ccc2c(c1)OCO2)NCCc1ccc2c(c1)OCO2.O=C(CCc1ccc2c(c1)OCO2)NCc1ccc2c(c1)OCO2.O=C(CCc1ccc2c(c1)OCO2)Nc1ccc2c(c1)OCO2.O=C(Cc1ccc2c(c1)OCO2)Cc1ccc2c(c1)OCO2. The average molecular weight is 1920 g/mol. The number of aryl methyl sites for hydroxylation is 5. The smallest absolute Gasteiger partial charge is 0.231 e. The first-order chi connectivity index (χ1) is 69.2. The second kappa shape index (κ2) is 45.0. The topological polar surface area (TPSA) is 360 Å². The summed E-state index contributed by atoms with van der Waals surface area (Å²) >= 11 is 0. The number of fused-ring (bicyclic) bond motifs is 12. The van der Waals surface area contributed by atoms with Gasteiger partial charge >= 0.3 is 0 Å². The second-order valence-electron chi connectivity index (χ2n) is 33.7. The van der Waals surface area contributed by atoms with Gasteiger partial charge in [0, 0.05) is 82.6 Å². The number of amides is 3. The van der Waals surface area contributed by atoms with Crippen LogP contribution in [0.3, 0.4) is 0 Å². The number of nitrogens with one attached hydrogen (secondary N) is 3. The summed E-state index contributed by atoms with van der Waals surface area (Å²) in [6, 6.07) is 68.4. The van der Waals surface area contributed by atoms with Gasteiger partial charge < -0.3 is 130 Å². The Morgan fingerprint density at radius 1 is 0.184 bits per heavy atom. The van der Waals surface area contributed by atoms with E-state index in [0.717, 1.165) is 190 Å². The zero-order chi connectivity index (χ0) is 96.0. The Morgan fingerprint density at radius 3 is 0.709 bits per heavy atom. The summed E-state index contributed by atoms with van der Waals surface area (Å²) in [5.41, 5.74) is 12.0. The third kappa shape index (κ3) is 25.2. The largest absolute Gasteiger partial charge is 0.454 e. The van der Waals surface area contributed by atoms with Gasteiger partial charge in [-0.1, -0.05) is 66.7 Å². The molecule has 0 atom stereocenters. The number of carbonyl (C=O) groups is 6. The van der Waals surface area contributed by atoms with Crippen LogP contribution in [0.4, 0.5) is 5.69 Å². The highest BCUT2D eigenvalue weighted by Gasteiger charge is 2.26. The van der Waals surface area contributed by atoms with Gasteiger partial charge in [-0.2, -0.15) is 0 Å². The maximum Gasteiger partial charge on any atom is 0.231 e. The Kier molecular flexibility index (Phi) is 29.8. The Bertz CT molecular complexity index is 6350. The van der Waals surface area contributed by atoms with E-state index < -0.39 is 0 Å². The van der Waals surface area contributed by atoms with Gasteiger partial charge in [0.25, 0.3) is 0 Å². The van der Waals surface area contributed by atoms with Crippen molar-refractivity contribution in [3.8, 4) is 138 Å². The molecule has 0 fully saturated rings. The molecule has 3 N–H and O–H groups in total. The molecule has 12 aliphatic rings. The zero-order valence-corrected chi connectivity index (χ0v) is 76.7. The van der Waals surface area contributed by atoms with Gasteiger partial charge in [0.05, 0.1) is 0 Å². The number of rotatable bonds is 30. The molecule has 0 saturated heterocycles. The number of ether oxygens (including phenoxy) is 24. The minimum absolute atomic E-state index is 0.00494. The van der Waals surface area contributed by atoms with E-state index >= 15 is 0 Å². The van der Waals surface area contributed by atoms with E-state index in [1.807, 2.05) is 200 Å². The van der Waals surface area contributed by atoms with E-state index in [0.29, 0.717) is 131 Å². The number of benzene rings is 12. The molecule has 0 radical (unpaired) electrons. The van der Waals surface area contributed by atoms with Crippen LogP contribution in [-0.2, 0) is 99.5 Å². The van der Waals surface area contributed by atoms with E-state index in [1.165, 1.54) is 0 Å².